The Morgan fingerprint density at radius 2 is 2.10 bits per heavy atom. The molecule has 0 heterocycles. The van der Waals surface area contributed by atoms with Crippen LogP contribution in [0.4, 0.5) is 0 Å². The number of nitrogens with one attached hydrogen (secondary N) is 1. The van der Waals surface area contributed by atoms with Crippen LogP contribution in [0.25, 0.3) is 0 Å². The summed E-state index contributed by atoms with van der Waals surface area (Å²) in [6.07, 6.45) is 2.61. The number of hydrogen-bond donors (Lipinski definition) is 1. The highest BCUT2D eigenvalue weighted by Crippen LogP contribution is 2.00. The topological polar surface area (TPSA) is 62.1 Å². The number of carbonyl (C=O) groups excluding carboxylic acids is 1. The molecule has 1 amide bonds. The Morgan fingerprint density at radius 1 is 1.35 bits per heavy atom. The van der Waals surface area contributed by atoms with Crippen LogP contribution in [0.2, 0.25) is 0 Å². The molecule has 4 heteroatoms. The van der Waals surface area contributed by atoms with Crippen LogP contribution in [-0.4, -0.2) is 25.2 Å². The van der Waals surface area contributed by atoms with E-state index in [0.29, 0.717) is 32.5 Å². The summed E-state index contributed by atoms with van der Waals surface area (Å²) in [5.74, 6) is -0.0786. The normalized spacial score (nSPS) is 11.6. The zero-order valence-corrected chi connectivity index (χ0v) is 12.0. The van der Waals surface area contributed by atoms with Gasteiger partial charge >= 0.3 is 0 Å². The Bertz CT molecular complexity index is 426. The second-order valence-corrected chi connectivity index (χ2v) is 4.61. The number of nitriles is 1. The fourth-order valence-electron chi connectivity index (χ4n) is 1.76. The van der Waals surface area contributed by atoms with Crippen LogP contribution in [-0.2, 0) is 16.0 Å². The van der Waals surface area contributed by atoms with E-state index in [1.54, 1.807) is 0 Å². The first-order chi connectivity index (χ1) is 9.76. The van der Waals surface area contributed by atoms with Gasteiger partial charge in [-0.25, -0.2) is 0 Å². The van der Waals surface area contributed by atoms with E-state index in [4.69, 9.17) is 10.00 Å². The molecular formula is C16H22N2O2. The number of ether oxygens (including phenoxy) is 1. The number of benzene rings is 1. The first kappa shape index (κ1) is 16.2. The molecule has 1 aromatic carbocycles. The van der Waals surface area contributed by atoms with Crippen molar-refractivity contribution in [2.24, 2.45) is 0 Å². The van der Waals surface area contributed by atoms with Crippen molar-refractivity contribution in [2.75, 3.05) is 13.2 Å². The van der Waals surface area contributed by atoms with Gasteiger partial charge in [0, 0.05) is 13.0 Å². The molecule has 0 spiro atoms. The molecule has 0 fully saturated rings. The van der Waals surface area contributed by atoms with Crippen molar-refractivity contribution in [3.8, 4) is 6.07 Å². The molecular weight excluding hydrogens is 252 g/mol. The van der Waals surface area contributed by atoms with Crippen molar-refractivity contribution in [1.29, 1.82) is 5.26 Å². The van der Waals surface area contributed by atoms with Gasteiger partial charge in [0.25, 0.3) is 0 Å². The average molecular weight is 274 g/mol. The van der Waals surface area contributed by atoms with Gasteiger partial charge in [-0.1, -0.05) is 37.3 Å². The SMILES string of the molecule is CCC(C#N)NC(=O)CCCOCCc1ccccc1. The minimum absolute atomic E-state index is 0.0786. The molecule has 1 N–H and O–H groups in total. The third-order valence-corrected chi connectivity index (χ3v) is 2.97. The van der Waals surface area contributed by atoms with Gasteiger partial charge in [-0.15, -0.1) is 0 Å². The van der Waals surface area contributed by atoms with Crippen LogP contribution in [0.15, 0.2) is 30.3 Å². The number of hydrogen-bond acceptors (Lipinski definition) is 3. The average Bonchev–Trinajstić information content (AvgIpc) is 2.49. The molecule has 1 rings (SSSR count). The van der Waals surface area contributed by atoms with Gasteiger partial charge in [0.1, 0.15) is 6.04 Å². The van der Waals surface area contributed by atoms with Crippen molar-refractivity contribution < 1.29 is 9.53 Å². The zero-order chi connectivity index (χ0) is 14.6. The Kier molecular flexibility index (Phi) is 8.09. The van der Waals surface area contributed by atoms with E-state index < -0.39 is 0 Å². The number of carbonyl (C=O) groups is 1. The molecule has 0 saturated carbocycles. The molecule has 1 aromatic rings. The maximum Gasteiger partial charge on any atom is 0.221 e. The molecule has 4 nitrogen and oxygen atoms in total. The minimum Gasteiger partial charge on any atom is -0.381 e. The smallest absolute Gasteiger partial charge is 0.221 e. The van der Waals surface area contributed by atoms with Crippen LogP contribution in [0.5, 0.6) is 0 Å². The Hall–Kier alpha value is -1.86. The van der Waals surface area contributed by atoms with Gasteiger partial charge in [-0.2, -0.15) is 5.26 Å². The van der Waals surface area contributed by atoms with Gasteiger partial charge < -0.3 is 10.1 Å². The molecule has 0 saturated heterocycles. The van der Waals surface area contributed by atoms with Crippen molar-refractivity contribution in [1.82, 2.24) is 5.32 Å². The van der Waals surface area contributed by atoms with E-state index in [9.17, 15) is 4.79 Å². The number of amides is 1. The lowest BCUT2D eigenvalue weighted by Crippen LogP contribution is -2.33. The van der Waals surface area contributed by atoms with Gasteiger partial charge in [-0.3, -0.25) is 4.79 Å². The first-order valence-corrected chi connectivity index (χ1v) is 7.07. The lowest BCUT2D eigenvalue weighted by Gasteiger charge is -2.09. The highest BCUT2D eigenvalue weighted by molar-refractivity contribution is 5.76. The quantitative estimate of drug-likeness (QED) is 0.703. The largest absolute Gasteiger partial charge is 0.381 e. The third-order valence-electron chi connectivity index (χ3n) is 2.97. The van der Waals surface area contributed by atoms with Gasteiger partial charge in [0.2, 0.25) is 5.91 Å². The molecule has 0 aromatic heterocycles. The molecule has 108 valence electrons. The number of nitrogens with zero attached hydrogens (tertiary/aromatic N) is 1. The second kappa shape index (κ2) is 9.99. The van der Waals surface area contributed by atoms with Gasteiger partial charge in [0.15, 0.2) is 0 Å². The molecule has 1 atom stereocenters. The summed E-state index contributed by atoms with van der Waals surface area (Å²) in [4.78, 5) is 11.5. The van der Waals surface area contributed by atoms with E-state index in [0.717, 1.165) is 6.42 Å². The lowest BCUT2D eigenvalue weighted by molar-refractivity contribution is -0.121. The summed E-state index contributed by atoms with van der Waals surface area (Å²) < 4.78 is 5.50. The van der Waals surface area contributed by atoms with Crippen LogP contribution in [0.1, 0.15) is 31.7 Å². The summed E-state index contributed by atoms with van der Waals surface area (Å²) >= 11 is 0. The predicted octanol–water partition coefficient (Wildman–Crippen LogP) is 2.44. The van der Waals surface area contributed by atoms with Crippen molar-refractivity contribution in [3.05, 3.63) is 35.9 Å². The molecule has 0 aliphatic carbocycles. The Morgan fingerprint density at radius 3 is 2.75 bits per heavy atom. The molecule has 0 radical (unpaired) electrons. The lowest BCUT2D eigenvalue weighted by atomic mass is 10.2. The third kappa shape index (κ3) is 6.91. The van der Waals surface area contributed by atoms with Crippen LogP contribution in [0.3, 0.4) is 0 Å². The summed E-state index contributed by atoms with van der Waals surface area (Å²) in [7, 11) is 0. The Balaban J connectivity index is 2.02. The molecule has 1 unspecified atom stereocenters. The summed E-state index contributed by atoms with van der Waals surface area (Å²) in [6.45, 7) is 3.12. The van der Waals surface area contributed by atoms with Crippen molar-refractivity contribution >= 4 is 5.91 Å². The van der Waals surface area contributed by atoms with Crippen LogP contribution >= 0.6 is 0 Å². The standard InChI is InChI=1S/C16H22N2O2/c1-2-15(13-17)18-16(19)9-6-11-20-12-10-14-7-4-3-5-8-14/h3-5,7-8,15H,2,6,9-12H2,1H3,(H,18,19). The van der Waals surface area contributed by atoms with Gasteiger partial charge in [-0.05, 0) is 24.8 Å². The second-order valence-electron chi connectivity index (χ2n) is 4.61. The molecule has 20 heavy (non-hydrogen) atoms. The van der Waals surface area contributed by atoms with E-state index in [1.165, 1.54) is 5.56 Å². The summed E-state index contributed by atoms with van der Waals surface area (Å²) in [6, 6.07) is 11.8. The molecule has 0 aliphatic heterocycles. The highest BCUT2D eigenvalue weighted by atomic mass is 16.5. The minimum atomic E-state index is -0.374. The summed E-state index contributed by atoms with van der Waals surface area (Å²) in [5.41, 5.74) is 1.25. The molecule has 0 aliphatic rings. The predicted molar refractivity (Wildman–Crippen MR) is 78.0 cm³/mol. The van der Waals surface area contributed by atoms with E-state index in [2.05, 4.69) is 17.4 Å². The van der Waals surface area contributed by atoms with Crippen molar-refractivity contribution in [3.63, 3.8) is 0 Å². The maximum atomic E-state index is 11.5. The zero-order valence-electron chi connectivity index (χ0n) is 12.0. The highest BCUT2D eigenvalue weighted by Gasteiger charge is 2.08. The maximum absolute atomic E-state index is 11.5. The molecule has 0 bridgehead atoms. The van der Waals surface area contributed by atoms with Gasteiger partial charge in [0.05, 0.1) is 12.7 Å². The number of rotatable bonds is 9. The monoisotopic (exact) mass is 274 g/mol. The van der Waals surface area contributed by atoms with Crippen molar-refractivity contribution in [2.45, 2.75) is 38.6 Å². The Labute approximate surface area is 120 Å². The fourth-order valence-corrected chi connectivity index (χ4v) is 1.76. The fraction of sp³-hybridized carbons (Fsp3) is 0.500. The summed E-state index contributed by atoms with van der Waals surface area (Å²) in [5, 5.41) is 11.4. The van der Waals surface area contributed by atoms with E-state index in [1.807, 2.05) is 31.2 Å². The van der Waals surface area contributed by atoms with Crippen LogP contribution in [0, 0.1) is 11.3 Å². The van der Waals surface area contributed by atoms with E-state index >= 15 is 0 Å². The van der Waals surface area contributed by atoms with E-state index in [-0.39, 0.29) is 11.9 Å². The first-order valence-electron chi connectivity index (χ1n) is 7.07. The van der Waals surface area contributed by atoms with Crippen LogP contribution < -0.4 is 5.32 Å².